The number of amides is 1. The number of carbonyl (C=O) groups excluding carboxylic acids is 1. The van der Waals surface area contributed by atoms with Gasteiger partial charge in [0.2, 0.25) is 0 Å². The molecule has 3 heterocycles. The standard InChI is InChI=1S/C30H29Cl2N5O3/c1-15(2)36-26-25(35-27(36)20-10-9-19(33-4)14-24(20)40-5)28(38)37(23-13-18(32)7-6-16(23)3)30(26)21-11-8-17(31)12-22(21)34-29(30)39/h6-15,29,33-34,39H,1-5H3. The zero-order valence-corrected chi connectivity index (χ0v) is 24.2. The van der Waals surface area contributed by atoms with E-state index in [0.29, 0.717) is 44.3 Å². The first kappa shape index (κ1) is 26.5. The Morgan fingerprint density at radius 3 is 2.52 bits per heavy atom. The van der Waals surface area contributed by atoms with Gasteiger partial charge in [0.25, 0.3) is 5.91 Å². The van der Waals surface area contributed by atoms with Gasteiger partial charge in [0, 0.05) is 46.1 Å². The summed E-state index contributed by atoms with van der Waals surface area (Å²) in [5.74, 6) is 0.846. The highest BCUT2D eigenvalue weighted by Crippen LogP contribution is 2.56. The molecular weight excluding hydrogens is 549 g/mol. The van der Waals surface area contributed by atoms with E-state index in [1.165, 1.54) is 0 Å². The van der Waals surface area contributed by atoms with E-state index in [0.717, 1.165) is 16.8 Å². The number of nitrogens with one attached hydrogen (secondary N) is 2. The number of carbonyl (C=O) groups is 1. The molecule has 2 aliphatic rings. The molecule has 1 amide bonds. The lowest BCUT2D eigenvalue weighted by Gasteiger charge is -2.40. The van der Waals surface area contributed by atoms with Crippen LogP contribution in [-0.2, 0) is 5.54 Å². The Morgan fingerprint density at radius 1 is 1.10 bits per heavy atom. The fourth-order valence-corrected chi connectivity index (χ4v) is 6.37. The molecule has 2 unspecified atom stereocenters. The number of methoxy groups -OCH3 is 1. The molecule has 0 saturated heterocycles. The Balaban J connectivity index is 1.72. The van der Waals surface area contributed by atoms with Crippen molar-refractivity contribution in [2.75, 3.05) is 29.7 Å². The fourth-order valence-electron chi connectivity index (χ4n) is 6.03. The van der Waals surface area contributed by atoms with E-state index >= 15 is 0 Å². The van der Waals surface area contributed by atoms with Crippen molar-refractivity contribution in [2.45, 2.75) is 38.6 Å². The lowest BCUT2D eigenvalue weighted by atomic mass is 9.86. The lowest BCUT2D eigenvalue weighted by Crippen LogP contribution is -2.54. The molecule has 0 aliphatic carbocycles. The molecule has 10 heteroatoms. The number of fused-ring (bicyclic) bond motifs is 4. The van der Waals surface area contributed by atoms with Crippen molar-refractivity contribution in [2.24, 2.45) is 0 Å². The summed E-state index contributed by atoms with van der Waals surface area (Å²) in [4.78, 5) is 21.1. The highest BCUT2D eigenvalue weighted by atomic mass is 35.5. The van der Waals surface area contributed by atoms with Gasteiger partial charge in [-0.05, 0) is 62.7 Å². The van der Waals surface area contributed by atoms with Crippen molar-refractivity contribution >= 4 is 46.2 Å². The third-order valence-electron chi connectivity index (χ3n) is 7.77. The number of hydrogen-bond acceptors (Lipinski definition) is 6. The molecular formula is C30H29Cl2N5O3. The Bertz CT molecular complexity index is 1680. The number of benzene rings is 3. The minimum absolute atomic E-state index is 0.131. The summed E-state index contributed by atoms with van der Waals surface area (Å²) in [7, 11) is 3.45. The number of halogens is 2. The molecule has 3 N–H and O–H groups in total. The molecule has 3 aromatic carbocycles. The first-order valence-corrected chi connectivity index (χ1v) is 13.7. The molecule has 4 aromatic rings. The van der Waals surface area contributed by atoms with Gasteiger partial charge in [-0.25, -0.2) is 4.98 Å². The van der Waals surface area contributed by atoms with E-state index in [-0.39, 0.29) is 17.6 Å². The minimum Gasteiger partial charge on any atom is -0.496 e. The zero-order valence-electron chi connectivity index (χ0n) is 22.7. The molecule has 1 aromatic heterocycles. The molecule has 0 bridgehead atoms. The monoisotopic (exact) mass is 577 g/mol. The normalized spacial score (nSPS) is 19.3. The van der Waals surface area contributed by atoms with E-state index in [2.05, 4.69) is 10.6 Å². The van der Waals surface area contributed by atoms with Crippen molar-refractivity contribution in [1.82, 2.24) is 9.55 Å². The van der Waals surface area contributed by atoms with Crippen LogP contribution in [0.5, 0.6) is 5.75 Å². The first-order chi connectivity index (χ1) is 19.1. The van der Waals surface area contributed by atoms with Gasteiger partial charge in [-0.3, -0.25) is 9.69 Å². The average Bonchev–Trinajstić information content (AvgIpc) is 3.53. The summed E-state index contributed by atoms with van der Waals surface area (Å²) in [6.45, 7) is 5.97. The highest BCUT2D eigenvalue weighted by Gasteiger charge is 2.63. The van der Waals surface area contributed by atoms with Gasteiger partial charge in [0.15, 0.2) is 17.5 Å². The number of aliphatic hydroxyl groups is 1. The smallest absolute Gasteiger partial charge is 0.280 e. The van der Waals surface area contributed by atoms with Crippen LogP contribution in [0.1, 0.15) is 47.2 Å². The number of aliphatic hydroxyl groups excluding tert-OH is 1. The van der Waals surface area contributed by atoms with E-state index in [1.807, 2.05) is 62.7 Å². The van der Waals surface area contributed by atoms with Crippen molar-refractivity contribution in [3.8, 4) is 17.1 Å². The summed E-state index contributed by atoms with van der Waals surface area (Å²) in [5.41, 5.74) is 3.87. The van der Waals surface area contributed by atoms with Crippen LogP contribution in [0.15, 0.2) is 54.6 Å². The number of ether oxygens (including phenoxy) is 1. The molecule has 6 rings (SSSR count). The van der Waals surface area contributed by atoms with Gasteiger partial charge >= 0.3 is 0 Å². The van der Waals surface area contributed by atoms with E-state index in [4.69, 9.17) is 32.9 Å². The van der Waals surface area contributed by atoms with Crippen LogP contribution in [0.25, 0.3) is 11.4 Å². The molecule has 8 nitrogen and oxygen atoms in total. The second-order valence-corrected chi connectivity index (χ2v) is 11.2. The maximum atomic E-state index is 14.5. The van der Waals surface area contributed by atoms with Crippen molar-refractivity contribution < 1.29 is 14.6 Å². The number of aryl methyl sites for hydroxylation is 1. The summed E-state index contributed by atoms with van der Waals surface area (Å²) in [6.07, 6.45) is -1.21. The van der Waals surface area contributed by atoms with Crippen LogP contribution in [0.2, 0.25) is 10.0 Å². The maximum absolute atomic E-state index is 14.5. The van der Waals surface area contributed by atoms with Gasteiger partial charge in [0.05, 0.1) is 24.1 Å². The second-order valence-electron chi connectivity index (χ2n) is 10.3. The van der Waals surface area contributed by atoms with Crippen molar-refractivity contribution in [1.29, 1.82) is 0 Å². The quantitative estimate of drug-likeness (QED) is 0.252. The van der Waals surface area contributed by atoms with E-state index in [9.17, 15) is 9.90 Å². The predicted octanol–water partition coefficient (Wildman–Crippen LogP) is 6.44. The van der Waals surface area contributed by atoms with Crippen LogP contribution in [0, 0.1) is 6.92 Å². The summed E-state index contributed by atoms with van der Waals surface area (Å²) in [5, 5.41) is 19.3. The third kappa shape index (κ3) is 3.56. The molecule has 1 spiro atoms. The first-order valence-electron chi connectivity index (χ1n) is 13.0. The molecule has 0 saturated carbocycles. The Morgan fingerprint density at radius 2 is 1.82 bits per heavy atom. The van der Waals surface area contributed by atoms with E-state index < -0.39 is 11.8 Å². The SMILES string of the molecule is CNc1ccc(-c2nc3c(n2C(C)C)C2(c4ccc(Cl)cc4NC2O)N(c2cc(Cl)ccc2C)C3=O)c(OC)c1. The zero-order chi connectivity index (χ0) is 28.5. The van der Waals surface area contributed by atoms with Crippen molar-refractivity contribution in [3.63, 3.8) is 0 Å². The second kappa shape index (κ2) is 9.44. The molecule has 0 fully saturated rings. The molecule has 2 atom stereocenters. The van der Waals surface area contributed by atoms with Crippen LogP contribution in [0.4, 0.5) is 17.1 Å². The molecule has 206 valence electrons. The topological polar surface area (TPSA) is 91.6 Å². The largest absolute Gasteiger partial charge is 0.496 e. The predicted molar refractivity (Wildman–Crippen MR) is 159 cm³/mol. The molecule has 0 radical (unpaired) electrons. The van der Waals surface area contributed by atoms with Crippen LogP contribution in [0.3, 0.4) is 0 Å². The summed E-state index contributed by atoms with van der Waals surface area (Å²) < 4.78 is 7.78. The fraction of sp³-hybridized carbons (Fsp3) is 0.267. The van der Waals surface area contributed by atoms with Gasteiger partial charge in [-0.1, -0.05) is 35.3 Å². The maximum Gasteiger partial charge on any atom is 0.280 e. The third-order valence-corrected chi connectivity index (χ3v) is 8.24. The van der Waals surface area contributed by atoms with Crippen LogP contribution in [-0.4, -0.2) is 41.0 Å². The molecule has 2 aliphatic heterocycles. The average molecular weight is 579 g/mol. The molecule has 40 heavy (non-hydrogen) atoms. The Hall–Kier alpha value is -3.72. The van der Waals surface area contributed by atoms with E-state index in [1.54, 1.807) is 36.3 Å². The number of hydrogen-bond donors (Lipinski definition) is 3. The van der Waals surface area contributed by atoms with Crippen LogP contribution < -0.4 is 20.3 Å². The van der Waals surface area contributed by atoms with Gasteiger partial charge in [-0.2, -0.15) is 0 Å². The number of anilines is 3. The van der Waals surface area contributed by atoms with Gasteiger partial charge < -0.3 is 25.0 Å². The van der Waals surface area contributed by atoms with Gasteiger partial charge in [-0.15, -0.1) is 0 Å². The van der Waals surface area contributed by atoms with Crippen molar-refractivity contribution in [3.05, 3.63) is 87.2 Å². The number of imidazole rings is 1. The minimum atomic E-state index is -1.35. The number of rotatable bonds is 5. The van der Waals surface area contributed by atoms with Gasteiger partial charge in [0.1, 0.15) is 11.6 Å². The van der Waals surface area contributed by atoms with Crippen LogP contribution >= 0.6 is 23.2 Å². The summed E-state index contributed by atoms with van der Waals surface area (Å²) in [6, 6.07) is 16.4. The number of aromatic nitrogens is 2. The lowest BCUT2D eigenvalue weighted by molar-refractivity contribution is 0.0913. The highest BCUT2D eigenvalue weighted by molar-refractivity contribution is 6.31. The summed E-state index contributed by atoms with van der Waals surface area (Å²) >= 11 is 12.8. The number of nitrogens with zero attached hydrogens (tertiary/aromatic N) is 3. The Kier molecular flexibility index (Phi) is 6.25. The Labute approximate surface area is 242 Å².